The fraction of sp³-hybridized carbons (Fsp3) is 0.417. The molecule has 0 spiro atoms. The summed E-state index contributed by atoms with van der Waals surface area (Å²) in [7, 11) is 3.30. The SMILES string of the molecule is COCCn1nnnc1C(C(C)C)N(Cc1cccs1)Cc1cc2cc(OC)ccc2[nH]c1=O. The Balaban J connectivity index is 1.74. The van der Waals surface area contributed by atoms with Gasteiger partial charge in [-0.2, -0.15) is 0 Å². The number of tetrazole rings is 1. The number of aromatic nitrogens is 5. The number of thiophene rings is 1. The molecule has 9 nitrogen and oxygen atoms in total. The highest BCUT2D eigenvalue weighted by Crippen LogP contribution is 2.31. The van der Waals surface area contributed by atoms with Crippen LogP contribution in [0.5, 0.6) is 5.75 Å². The van der Waals surface area contributed by atoms with Crippen molar-refractivity contribution in [2.45, 2.75) is 39.5 Å². The Morgan fingerprint density at radius 3 is 2.74 bits per heavy atom. The third-order valence-corrected chi connectivity index (χ3v) is 6.66. The van der Waals surface area contributed by atoms with E-state index in [0.717, 1.165) is 22.5 Å². The largest absolute Gasteiger partial charge is 0.497 e. The quantitative estimate of drug-likeness (QED) is 0.349. The molecule has 1 unspecified atom stereocenters. The van der Waals surface area contributed by atoms with Gasteiger partial charge in [-0.3, -0.25) is 9.69 Å². The molecule has 1 aromatic carbocycles. The van der Waals surface area contributed by atoms with Gasteiger partial charge in [0, 0.05) is 41.5 Å². The van der Waals surface area contributed by atoms with E-state index >= 15 is 0 Å². The van der Waals surface area contributed by atoms with Crippen LogP contribution in [0.15, 0.2) is 46.6 Å². The van der Waals surface area contributed by atoms with Crippen LogP contribution < -0.4 is 10.3 Å². The number of H-pyrrole nitrogens is 1. The van der Waals surface area contributed by atoms with Crippen LogP contribution in [0.25, 0.3) is 10.9 Å². The number of nitrogens with one attached hydrogen (secondary N) is 1. The average molecular weight is 483 g/mol. The summed E-state index contributed by atoms with van der Waals surface area (Å²) in [4.78, 5) is 19.5. The molecule has 180 valence electrons. The Labute approximate surface area is 202 Å². The number of pyridine rings is 1. The lowest BCUT2D eigenvalue weighted by Gasteiger charge is -2.33. The second-order valence-corrected chi connectivity index (χ2v) is 9.54. The molecule has 0 bridgehead atoms. The molecular formula is C24H30N6O3S. The molecule has 1 atom stereocenters. The van der Waals surface area contributed by atoms with Crippen LogP contribution in [0, 0.1) is 5.92 Å². The molecular weight excluding hydrogens is 452 g/mol. The van der Waals surface area contributed by atoms with E-state index < -0.39 is 0 Å². The van der Waals surface area contributed by atoms with E-state index in [1.54, 1.807) is 30.2 Å². The molecule has 0 amide bonds. The number of hydrogen-bond donors (Lipinski definition) is 1. The first-order valence-corrected chi connectivity index (χ1v) is 12.1. The molecule has 3 heterocycles. The van der Waals surface area contributed by atoms with Crippen molar-refractivity contribution in [3.8, 4) is 5.75 Å². The van der Waals surface area contributed by atoms with E-state index in [9.17, 15) is 4.79 Å². The standard InChI is InChI=1S/C24H30N6O3S/c1-16(2)22(23-26-27-28-30(23)9-10-32-3)29(15-20-6-5-11-34-20)14-18-12-17-13-19(33-4)7-8-21(17)25-24(18)31/h5-8,11-13,16,22H,9-10,14-15H2,1-4H3,(H,25,31). The summed E-state index contributed by atoms with van der Waals surface area (Å²) in [6, 6.07) is 11.6. The van der Waals surface area contributed by atoms with Gasteiger partial charge in [0.05, 0.1) is 26.3 Å². The normalized spacial score (nSPS) is 12.6. The van der Waals surface area contributed by atoms with Gasteiger partial charge in [0.1, 0.15) is 5.75 Å². The predicted molar refractivity (Wildman–Crippen MR) is 132 cm³/mol. The minimum Gasteiger partial charge on any atom is -0.497 e. The number of benzene rings is 1. The minimum absolute atomic E-state index is 0.102. The first-order valence-electron chi connectivity index (χ1n) is 11.2. The van der Waals surface area contributed by atoms with Gasteiger partial charge in [-0.15, -0.1) is 16.4 Å². The van der Waals surface area contributed by atoms with Gasteiger partial charge < -0.3 is 14.5 Å². The molecule has 1 N–H and O–H groups in total. The molecule has 0 saturated heterocycles. The molecule has 0 aliphatic heterocycles. The molecule has 4 rings (SSSR count). The number of methoxy groups -OCH3 is 2. The van der Waals surface area contributed by atoms with Crippen LogP contribution in [0.2, 0.25) is 0 Å². The summed E-state index contributed by atoms with van der Waals surface area (Å²) in [5.41, 5.74) is 1.36. The van der Waals surface area contributed by atoms with Crippen molar-refractivity contribution >= 4 is 22.2 Å². The zero-order valence-electron chi connectivity index (χ0n) is 19.9. The van der Waals surface area contributed by atoms with Crippen molar-refractivity contribution in [1.29, 1.82) is 0 Å². The lowest BCUT2D eigenvalue weighted by molar-refractivity contribution is 0.122. The molecule has 0 saturated carbocycles. The van der Waals surface area contributed by atoms with Crippen molar-refractivity contribution in [2.24, 2.45) is 5.92 Å². The number of aromatic amines is 1. The summed E-state index contributed by atoms with van der Waals surface area (Å²) in [6.07, 6.45) is 0. The van der Waals surface area contributed by atoms with Crippen LogP contribution in [0.1, 0.15) is 36.2 Å². The summed E-state index contributed by atoms with van der Waals surface area (Å²) in [5, 5.41) is 15.5. The van der Waals surface area contributed by atoms with Crippen molar-refractivity contribution in [1.82, 2.24) is 30.1 Å². The smallest absolute Gasteiger partial charge is 0.252 e. The van der Waals surface area contributed by atoms with Gasteiger partial charge in [0.2, 0.25) is 0 Å². The predicted octanol–water partition coefficient (Wildman–Crippen LogP) is 3.63. The van der Waals surface area contributed by atoms with Gasteiger partial charge in [0.15, 0.2) is 5.82 Å². The fourth-order valence-electron chi connectivity index (χ4n) is 4.19. The van der Waals surface area contributed by atoms with Crippen LogP contribution >= 0.6 is 11.3 Å². The number of hydrogen-bond acceptors (Lipinski definition) is 8. The second-order valence-electron chi connectivity index (χ2n) is 8.50. The van der Waals surface area contributed by atoms with Crippen molar-refractivity contribution < 1.29 is 9.47 Å². The van der Waals surface area contributed by atoms with E-state index in [2.05, 4.69) is 50.7 Å². The molecule has 3 aromatic heterocycles. The minimum atomic E-state index is -0.102. The van der Waals surface area contributed by atoms with E-state index in [4.69, 9.17) is 9.47 Å². The summed E-state index contributed by atoms with van der Waals surface area (Å²) in [6.45, 7) is 6.49. The zero-order valence-corrected chi connectivity index (χ0v) is 20.7. The van der Waals surface area contributed by atoms with Crippen molar-refractivity contribution in [2.75, 3.05) is 20.8 Å². The zero-order chi connectivity index (χ0) is 24.1. The number of fused-ring (bicyclic) bond motifs is 1. The maximum Gasteiger partial charge on any atom is 0.252 e. The molecule has 10 heteroatoms. The summed E-state index contributed by atoms with van der Waals surface area (Å²) < 4.78 is 12.4. The highest BCUT2D eigenvalue weighted by molar-refractivity contribution is 7.09. The lowest BCUT2D eigenvalue weighted by atomic mass is 10.00. The molecule has 0 aliphatic rings. The topological polar surface area (TPSA) is 98.2 Å². The Hall–Kier alpha value is -3.08. The van der Waals surface area contributed by atoms with Gasteiger partial charge in [-0.1, -0.05) is 19.9 Å². The average Bonchev–Trinajstić information content (AvgIpc) is 3.50. The molecule has 0 aliphatic carbocycles. The number of rotatable bonds is 11. The molecule has 34 heavy (non-hydrogen) atoms. The Morgan fingerprint density at radius 2 is 2.03 bits per heavy atom. The third kappa shape index (κ3) is 5.35. The van der Waals surface area contributed by atoms with E-state index in [1.165, 1.54) is 4.88 Å². The monoisotopic (exact) mass is 482 g/mol. The van der Waals surface area contributed by atoms with Gasteiger partial charge in [-0.25, -0.2) is 4.68 Å². The van der Waals surface area contributed by atoms with Crippen molar-refractivity contribution in [3.05, 3.63) is 68.4 Å². The third-order valence-electron chi connectivity index (χ3n) is 5.80. The highest BCUT2D eigenvalue weighted by Gasteiger charge is 2.30. The fourth-order valence-corrected chi connectivity index (χ4v) is 4.92. The van der Waals surface area contributed by atoms with Gasteiger partial charge in [0.25, 0.3) is 5.56 Å². The van der Waals surface area contributed by atoms with Crippen molar-refractivity contribution in [3.63, 3.8) is 0 Å². The summed E-state index contributed by atoms with van der Waals surface area (Å²) >= 11 is 1.70. The van der Waals surface area contributed by atoms with E-state index in [-0.39, 0.29) is 17.5 Å². The molecule has 0 radical (unpaired) electrons. The van der Waals surface area contributed by atoms with Gasteiger partial charge >= 0.3 is 0 Å². The molecule has 0 fully saturated rings. The first kappa shape index (κ1) is 24.1. The Bertz CT molecular complexity index is 1270. The second kappa shape index (κ2) is 10.9. The maximum absolute atomic E-state index is 13.0. The van der Waals surface area contributed by atoms with E-state index in [1.807, 2.05) is 30.3 Å². The van der Waals surface area contributed by atoms with Crippen LogP contribution in [-0.2, 0) is 24.4 Å². The Morgan fingerprint density at radius 1 is 1.18 bits per heavy atom. The van der Waals surface area contributed by atoms with E-state index in [0.29, 0.717) is 31.8 Å². The highest BCUT2D eigenvalue weighted by atomic mass is 32.1. The Kier molecular flexibility index (Phi) is 7.71. The number of ether oxygens (including phenoxy) is 2. The van der Waals surface area contributed by atoms with Crippen LogP contribution in [-0.4, -0.2) is 50.9 Å². The maximum atomic E-state index is 13.0. The van der Waals surface area contributed by atoms with Gasteiger partial charge in [-0.05, 0) is 52.1 Å². The lowest BCUT2D eigenvalue weighted by Crippen LogP contribution is -2.35. The first-order chi connectivity index (χ1) is 16.5. The van der Waals surface area contributed by atoms with Crippen LogP contribution in [0.3, 0.4) is 0 Å². The van der Waals surface area contributed by atoms with Crippen LogP contribution in [0.4, 0.5) is 0 Å². The molecule has 4 aromatic rings. The summed E-state index contributed by atoms with van der Waals surface area (Å²) in [5.74, 6) is 1.72. The number of nitrogens with zero attached hydrogens (tertiary/aromatic N) is 5.